The first-order chi connectivity index (χ1) is 12.7. The Bertz CT molecular complexity index is 971. The van der Waals surface area contributed by atoms with Gasteiger partial charge in [0.1, 0.15) is 11.0 Å². The van der Waals surface area contributed by atoms with E-state index in [2.05, 4.69) is 30.6 Å². The molecule has 0 aliphatic heterocycles. The third kappa shape index (κ3) is 3.51. The highest BCUT2D eigenvalue weighted by molar-refractivity contribution is 6.30. The van der Waals surface area contributed by atoms with Crippen molar-refractivity contribution in [1.29, 1.82) is 0 Å². The lowest BCUT2D eigenvalue weighted by Crippen LogP contribution is -2.03. The van der Waals surface area contributed by atoms with Crippen LogP contribution in [0.4, 0.5) is 23.0 Å². The summed E-state index contributed by atoms with van der Waals surface area (Å²) in [7, 11) is 0. The van der Waals surface area contributed by atoms with Gasteiger partial charge in [0.2, 0.25) is 10.6 Å². The third-order valence-corrected chi connectivity index (χ3v) is 3.90. The Hall–Kier alpha value is -2.96. The van der Waals surface area contributed by atoms with Crippen LogP contribution in [0.3, 0.4) is 0 Å². The summed E-state index contributed by atoms with van der Waals surface area (Å²) in [6, 6.07) is 19.2. The molecule has 2 aromatic carbocycles. The first kappa shape index (κ1) is 16.5. The molecule has 0 fully saturated rings. The van der Waals surface area contributed by atoms with E-state index in [1.165, 1.54) is 0 Å². The molecule has 128 valence electrons. The van der Waals surface area contributed by atoms with Gasteiger partial charge in [-0.2, -0.15) is 9.97 Å². The van der Waals surface area contributed by atoms with Crippen molar-refractivity contribution in [2.45, 2.75) is 0 Å². The molecule has 4 rings (SSSR count). The number of rotatable bonds is 4. The van der Waals surface area contributed by atoms with Crippen LogP contribution < -0.4 is 10.6 Å². The number of nitrogens with one attached hydrogen (secondary N) is 2. The van der Waals surface area contributed by atoms with Crippen molar-refractivity contribution in [2.24, 2.45) is 0 Å². The SMILES string of the molecule is Clc1nc(Nc2ccccc2)c2nc(Cl)nc(Nc3ccccc3)c2n1. The number of nitrogens with zero attached hydrogens (tertiary/aromatic N) is 4. The molecule has 2 N–H and O–H groups in total. The van der Waals surface area contributed by atoms with Gasteiger partial charge in [-0.05, 0) is 47.5 Å². The molecule has 0 radical (unpaired) electrons. The maximum atomic E-state index is 6.13. The molecule has 0 aliphatic carbocycles. The summed E-state index contributed by atoms with van der Waals surface area (Å²) in [5.41, 5.74) is 2.63. The van der Waals surface area contributed by atoms with Crippen LogP contribution in [-0.4, -0.2) is 19.9 Å². The minimum atomic E-state index is 0.0814. The second kappa shape index (κ2) is 7.11. The summed E-state index contributed by atoms with van der Waals surface area (Å²) >= 11 is 12.3. The van der Waals surface area contributed by atoms with E-state index < -0.39 is 0 Å². The Morgan fingerprint density at radius 2 is 0.923 bits per heavy atom. The Kier molecular flexibility index (Phi) is 4.51. The molecule has 6 nitrogen and oxygen atoms in total. The van der Waals surface area contributed by atoms with Gasteiger partial charge in [0.05, 0.1) is 0 Å². The first-order valence-corrected chi connectivity index (χ1v) is 8.49. The summed E-state index contributed by atoms with van der Waals surface area (Å²) in [6.07, 6.45) is 0. The predicted octanol–water partition coefficient (Wildman–Crippen LogP) is 5.21. The van der Waals surface area contributed by atoms with Gasteiger partial charge in [0, 0.05) is 11.4 Å². The zero-order chi connectivity index (χ0) is 17.9. The van der Waals surface area contributed by atoms with Gasteiger partial charge in [-0.15, -0.1) is 0 Å². The Morgan fingerprint density at radius 3 is 1.31 bits per heavy atom. The lowest BCUT2D eigenvalue weighted by molar-refractivity contribution is 1.15. The molecule has 0 saturated carbocycles. The molecule has 0 unspecified atom stereocenters. The van der Waals surface area contributed by atoms with Gasteiger partial charge in [-0.3, -0.25) is 0 Å². The Balaban J connectivity index is 1.84. The van der Waals surface area contributed by atoms with Gasteiger partial charge in [-0.1, -0.05) is 36.4 Å². The maximum absolute atomic E-state index is 6.13. The van der Waals surface area contributed by atoms with Gasteiger partial charge >= 0.3 is 0 Å². The van der Waals surface area contributed by atoms with Crippen molar-refractivity contribution < 1.29 is 0 Å². The van der Waals surface area contributed by atoms with E-state index in [1.807, 2.05) is 60.7 Å². The summed E-state index contributed by atoms with van der Waals surface area (Å²) in [5.74, 6) is 0.901. The molecule has 0 aliphatic rings. The second-order valence-electron chi connectivity index (χ2n) is 5.36. The number of para-hydroxylation sites is 2. The number of anilines is 4. The first-order valence-electron chi connectivity index (χ1n) is 7.74. The Labute approximate surface area is 159 Å². The van der Waals surface area contributed by atoms with Gasteiger partial charge in [0.25, 0.3) is 0 Å². The normalized spacial score (nSPS) is 10.7. The van der Waals surface area contributed by atoms with Crippen LogP contribution in [0.15, 0.2) is 60.7 Å². The van der Waals surface area contributed by atoms with E-state index >= 15 is 0 Å². The van der Waals surface area contributed by atoms with Crippen LogP contribution in [0.1, 0.15) is 0 Å². The number of halogens is 2. The predicted molar refractivity (Wildman–Crippen MR) is 105 cm³/mol. The van der Waals surface area contributed by atoms with Gasteiger partial charge in [-0.25, -0.2) is 9.97 Å². The zero-order valence-corrected chi connectivity index (χ0v) is 14.8. The summed E-state index contributed by atoms with van der Waals surface area (Å²) in [5, 5.41) is 6.55. The van der Waals surface area contributed by atoms with E-state index in [9.17, 15) is 0 Å². The molecular formula is C18H12Cl2N6. The van der Waals surface area contributed by atoms with Crippen LogP contribution in [0.2, 0.25) is 10.6 Å². The fourth-order valence-electron chi connectivity index (χ4n) is 2.45. The summed E-state index contributed by atoms with van der Waals surface area (Å²) < 4.78 is 0. The molecular weight excluding hydrogens is 371 g/mol. The average molecular weight is 383 g/mol. The molecule has 2 aromatic heterocycles. The fourth-order valence-corrected chi connectivity index (χ4v) is 2.79. The highest BCUT2D eigenvalue weighted by Crippen LogP contribution is 2.30. The molecule has 26 heavy (non-hydrogen) atoms. The quantitative estimate of drug-likeness (QED) is 0.471. The van der Waals surface area contributed by atoms with Crippen molar-refractivity contribution in [1.82, 2.24) is 19.9 Å². The standard InChI is InChI=1S/C18H12Cl2N6/c19-17-24-14-13(15(25-17)21-11-7-3-1-4-8-11)23-18(20)26-16(14)22-12-9-5-2-6-10-12/h1-10H,(H,21,24,25)(H,22,23,26). The maximum Gasteiger partial charge on any atom is 0.225 e. The fraction of sp³-hybridized carbons (Fsp3) is 0. The van der Waals surface area contributed by atoms with E-state index in [4.69, 9.17) is 23.2 Å². The van der Waals surface area contributed by atoms with Crippen molar-refractivity contribution in [3.05, 3.63) is 71.2 Å². The van der Waals surface area contributed by atoms with Crippen molar-refractivity contribution >= 4 is 57.2 Å². The molecule has 0 bridgehead atoms. The topological polar surface area (TPSA) is 75.6 Å². The van der Waals surface area contributed by atoms with E-state index in [0.717, 1.165) is 11.4 Å². The van der Waals surface area contributed by atoms with E-state index in [1.54, 1.807) is 0 Å². The van der Waals surface area contributed by atoms with Crippen LogP contribution in [0.25, 0.3) is 11.0 Å². The smallest absolute Gasteiger partial charge is 0.225 e. The molecule has 2 heterocycles. The number of aromatic nitrogens is 4. The highest BCUT2D eigenvalue weighted by Gasteiger charge is 2.15. The Morgan fingerprint density at radius 1 is 0.538 bits per heavy atom. The lowest BCUT2D eigenvalue weighted by atomic mass is 10.3. The number of fused-ring (bicyclic) bond motifs is 1. The van der Waals surface area contributed by atoms with Crippen LogP contribution in [0, 0.1) is 0 Å². The van der Waals surface area contributed by atoms with E-state index in [-0.39, 0.29) is 10.6 Å². The average Bonchev–Trinajstić information content (AvgIpc) is 2.64. The van der Waals surface area contributed by atoms with Crippen LogP contribution in [-0.2, 0) is 0 Å². The summed E-state index contributed by atoms with van der Waals surface area (Å²) in [4.78, 5) is 17.1. The largest absolute Gasteiger partial charge is 0.338 e. The van der Waals surface area contributed by atoms with Crippen molar-refractivity contribution in [3.8, 4) is 0 Å². The highest BCUT2D eigenvalue weighted by atomic mass is 35.5. The van der Waals surface area contributed by atoms with Crippen molar-refractivity contribution in [3.63, 3.8) is 0 Å². The number of benzene rings is 2. The molecule has 4 aromatic rings. The third-order valence-electron chi connectivity index (χ3n) is 3.56. The van der Waals surface area contributed by atoms with E-state index in [0.29, 0.717) is 22.7 Å². The molecule has 0 spiro atoms. The summed E-state index contributed by atoms with van der Waals surface area (Å²) in [6.45, 7) is 0. The van der Waals surface area contributed by atoms with Crippen molar-refractivity contribution in [2.75, 3.05) is 10.6 Å². The lowest BCUT2D eigenvalue weighted by Gasteiger charge is -2.12. The molecule has 8 heteroatoms. The molecule has 0 amide bonds. The van der Waals surface area contributed by atoms with Gasteiger partial charge < -0.3 is 10.6 Å². The number of hydrogen-bond acceptors (Lipinski definition) is 6. The zero-order valence-electron chi connectivity index (χ0n) is 13.3. The minimum Gasteiger partial charge on any atom is -0.338 e. The van der Waals surface area contributed by atoms with Crippen LogP contribution in [0.5, 0.6) is 0 Å². The monoisotopic (exact) mass is 382 g/mol. The van der Waals surface area contributed by atoms with Crippen LogP contribution >= 0.6 is 23.2 Å². The number of hydrogen-bond donors (Lipinski definition) is 2. The molecule has 0 atom stereocenters. The second-order valence-corrected chi connectivity index (χ2v) is 6.04. The van der Waals surface area contributed by atoms with Gasteiger partial charge in [0.15, 0.2) is 11.6 Å². The minimum absolute atomic E-state index is 0.0814. The molecule has 0 saturated heterocycles.